The van der Waals surface area contributed by atoms with E-state index in [9.17, 15) is 0 Å². The molecule has 0 saturated heterocycles. The van der Waals surface area contributed by atoms with Gasteiger partial charge in [0.1, 0.15) is 11.2 Å². The van der Waals surface area contributed by atoms with Gasteiger partial charge in [0.15, 0.2) is 11.2 Å². The number of anilines is 6. The molecule has 4 nitrogen and oxygen atoms in total. The second-order valence-electron chi connectivity index (χ2n) is 22.4. The van der Waals surface area contributed by atoms with Crippen LogP contribution in [0.4, 0.5) is 34.1 Å². The molecule has 0 spiro atoms. The number of nitrogens with zero attached hydrogens (tertiary/aromatic N) is 2. The minimum Gasteiger partial charge on any atom is -0.454 e. The van der Waals surface area contributed by atoms with E-state index >= 15 is 0 Å². The van der Waals surface area contributed by atoms with Gasteiger partial charge in [-0.3, -0.25) is 0 Å². The molecule has 0 unspecified atom stereocenters. The van der Waals surface area contributed by atoms with Crippen molar-refractivity contribution >= 4 is 110 Å². The fraction of sp³-hybridized carbons (Fsp3) is 0.135. The molecule has 0 atom stereocenters. The van der Waals surface area contributed by atoms with Gasteiger partial charge in [0.05, 0.1) is 34.1 Å². The topological polar surface area (TPSA) is 32.8 Å². The molecule has 2 heterocycles. The molecular formula is C74H60N2O2. The smallest absolute Gasteiger partial charge is 0.159 e. The van der Waals surface area contributed by atoms with Crippen molar-refractivity contribution in [1.82, 2.24) is 0 Å². The summed E-state index contributed by atoms with van der Waals surface area (Å²) < 4.78 is 14.6. The Labute approximate surface area is 455 Å². The highest BCUT2D eigenvalue weighted by Crippen LogP contribution is 2.53. The van der Waals surface area contributed by atoms with Crippen LogP contribution in [0.25, 0.3) is 98.4 Å². The second kappa shape index (κ2) is 18.3. The van der Waals surface area contributed by atoms with Crippen molar-refractivity contribution in [2.45, 2.75) is 65.2 Å². The molecule has 0 saturated carbocycles. The fourth-order valence-electron chi connectivity index (χ4n) is 12.4. The van der Waals surface area contributed by atoms with Crippen LogP contribution in [-0.2, 0) is 10.8 Å². The summed E-state index contributed by atoms with van der Waals surface area (Å²) in [5, 5.41) is 11.5. The summed E-state index contributed by atoms with van der Waals surface area (Å²) in [6.45, 7) is 13.8. The van der Waals surface area contributed by atoms with Gasteiger partial charge >= 0.3 is 0 Å². The number of hydrogen-bond donors (Lipinski definition) is 0. The third-order valence-electron chi connectivity index (χ3n) is 17.3. The van der Waals surface area contributed by atoms with E-state index in [1.54, 1.807) is 0 Å². The lowest BCUT2D eigenvalue weighted by Gasteiger charge is -2.31. The van der Waals surface area contributed by atoms with Gasteiger partial charge in [0.2, 0.25) is 0 Å². The predicted molar refractivity (Wildman–Crippen MR) is 332 cm³/mol. The molecule has 0 aliphatic rings. The molecule has 0 aliphatic heterocycles. The lowest BCUT2D eigenvalue weighted by Crippen LogP contribution is -2.15. The highest BCUT2D eigenvalue weighted by atomic mass is 16.3. The van der Waals surface area contributed by atoms with E-state index in [4.69, 9.17) is 8.83 Å². The molecule has 0 aliphatic carbocycles. The van der Waals surface area contributed by atoms with E-state index in [1.807, 2.05) is 0 Å². The Morgan fingerprint density at radius 2 is 0.641 bits per heavy atom. The van der Waals surface area contributed by atoms with Gasteiger partial charge in [0.25, 0.3) is 0 Å². The van der Waals surface area contributed by atoms with E-state index in [0.29, 0.717) is 0 Å². The minimum absolute atomic E-state index is 0.0781. The Hall–Kier alpha value is -9.12. The molecule has 78 heavy (non-hydrogen) atoms. The first-order valence-corrected chi connectivity index (χ1v) is 27.6. The first-order valence-electron chi connectivity index (χ1n) is 27.6. The zero-order valence-corrected chi connectivity index (χ0v) is 45.1. The number of para-hydroxylation sites is 6. The van der Waals surface area contributed by atoms with Crippen LogP contribution in [0.15, 0.2) is 239 Å². The van der Waals surface area contributed by atoms with Gasteiger partial charge in [0, 0.05) is 54.6 Å². The predicted octanol–water partition coefficient (Wildman–Crippen LogP) is 22.0. The summed E-state index contributed by atoms with van der Waals surface area (Å²) in [4.78, 5) is 4.92. The average molecular weight is 1010 g/mol. The van der Waals surface area contributed by atoms with Crippen LogP contribution in [0.5, 0.6) is 0 Å². The maximum atomic E-state index is 7.29. The summed E-state index contributed by atoms with van der Waals surface area (Å²) in [7, 11) is 0. The van der Waals surface area contributed by atoms with Crippen molar-refractivity contribution in [2.24, 2.45) is 0 Å². The van der Waals surface area contributed by atoms with E-state index in [-0.39, 0.29) is 10.8 Å². The summed E-state index contributed by atoms with van der Waals surface area (Å²) >= 11 is 0. The number of hydrogen-bond acceptors (Lipinski definition) is 4. The normalized spacial score (nSPS) is 12.3. The molecule has 0 bridgehead atoms. The monoisotopic (exact) mass is 1010 g/mol. The zero-order chi connectivity index (χ0) is 52.9. The summed E-state index contributed by atoms with van der Waals surface area (Å²) in [6.07, 6.45) is 1.98. The molecule has 0 amide bonds. The van der Waals surface area contributed by atoms with Crippen LogP contribution in [0, 0.1) is 0 Å². The van der Waals surface area contributed by atoms with E-state index < -0.39 is 0 Å². The van der Waals surface area contributed by atoms with Crippen LogP contribution in [0.1, 0.15) is 65.5 Å². The average Bonchev–Trinajstić information content (AvgIpc) is 4.22. The van der Waals surface area contributed by atoms with Crippen LogP contribution in [-0.4, -0.2) is 0 Å². The van der Waals surface area contributed by atoms with Gasteiger partial charge in [-0.2, -0.15) is 0 Å². The van der Waals surface area contributed by atoms with Gasteiger partial charge in [-0.15, -0.1) is 0 Å². The SMILES string of the molecule is CCC(C)(C)c1cccc2c1oc1c(N(c3ccccc3-c3ccccc3)c3ccc4ccc5c(N(c6ccccc6-c6ccccc6)c6cccc7c6oc6c(C(C)(C)CC)cccc67)ccc6ccc3c4c65)cccc12. The fourth-order valence-corrected chi connectivity index (χ4v) is 12.4. The third kappa shape index (κ3) is 7.34. The number of benzene rings is 12. The van der Waals surface area contributed by atoms with Crippen LogP contribution in [0.3, 0.4) is 0 Å². The van der Waals surface area contributed by atoms with Gasteiger partial charge in [-0.05, 0) is 92.7 Å². The van der Waals surface area contributed by atoms with E-state index in [1.165, 1.54) is 32.7 Å². The van der Waals surface area contributed by atoms with Crippen LogP contribution in [0.2, 0.25) is 0 Å². The van der Waals surface area contributed by atoms with Crippen molar-refractivity contribution in [1.29, 1.82) is 0 Å². The standard InChI is InChI=1S/C74H60N2O2/c1-7-73(3,4)59-33-19-29-53-55-31-21-37-65(71(55)77-69(53)59)75(61-35-17-15-27-51(61)47-23-11-9-12-24-47)63-45-41-49-40-44-58-64(46-42-50-39-43-57(63)67(49)68(50)58)76(62-36-18-16-28-52(62)48-25-13-10-14-26-48)66-38-22-32-56-54-30-20-34-60(74(5,6)8-2)70(54)78-72(56)66/h9-46H,7-8H2,1-6H3. The number of furan rings is 2. The van der Waals surface area contributed by atoms with Crippen molar-refractivity contribution < 1.29 is 8.83 Å². The molecule has 2 aromatic heterocycles. The van der Waals surface area contributed by atoms with Gasteiger partial charge < -0.3 is 18.6 Å². The quantitative estimate of drug-likeness (QED) is 0.114. The highest BCUT2D eigenvalue weighted by molar-refractivity contribution is 6.29. The van der Waals surface area contributed by atoms with Crippen molar-refractivity contribution in [3.63, 3.8) is 0 Å². The third-order valence-corrected chi connectivity index (χ3v) is 17.3. The van der Waals surface area contributed by atoms with Crippen molar-refractivity contribution in [3.8, 4) is 22.3 Å². The van der Waals surface area contributed by atoms with Gasteiger partial charge in [-0.1, -0.05) is 236 Å². The van der Waals surface area contributed by atoms with E-state index in [2.05, 4.69) is 282 Å². The Kier molecular flexibility index (Phi) is 11.1. The van der Waals surface area contributed by atoms with E-state index in [0.717, 1.165) is 124 Å². The molecule has 14 rings (SSSR count). The first kappa shape index (κ1) is 47.3. The molecule has 0 fully saturated rings. The summed E-state index contributed by atoms with van der Waals surface area (Å²) in [6, 6.07) is 84.3. The lowest BCUT2D eigenvalue weighted by atomic mass is 9.81. The maximum Gasteiger partial charge on any atom is 0.159 e. The first-order chi connectivity index (χ1) is 38.1. The second-order valence-corrected chi connectivity index (χ2v) is 22.4. The number of rotatable bonds is 12. The summed E-state index contributed by atoms with van der Waals surface area (Å²) in [5.74, 6) is 0. The van der Waals surface area contributed by atoms with Crippen molar-refractivity contribution in [2.75, 3.05) is 9.80 Å². The Morgan fingerprint density at radius 3 is 1.05 bits per heavy atom. The lowest BCUT2D eigenvalue weighted by molar-refractivity contribution is 0.500. The molecular weight excluding hydrogens is 949 g/mol. The zero-order valence-electron chi connectivity index (χ0n) is 45.1. The molecule has 0 N–H and O–H groups in total. The molecule has 4 heteroatoms. The molecule has 12 aromatic carbocycles. The minimum atomic E-state index is -0.0781. The number of fused-ring (bicyclic) bond motifs is 6. The molecule has 0 radical (unpaired) electrons. The Balaban J connectivity index is 1.06. The van der Waals surface area contributed by atoms with Crippen LogP contribution >= 0.6 is 0 Å². The van der Waals surface area contributed by atoms with Crippen LogP contribution < -0.4 is 9.80 Å². The molecule has 14 aromatic rings. The summed E-state index contributed by atoms with van der Waals surface area (Å²) in [5.41, 5.74) is 16.7. The Bertz CT molecular complexity index is 4300. The van der Waals surface area contributed by atoms with Gasteiger partial charge in [-0.25, -0.2) is 0 Å². The molecule has 378 valence electrons. The Morgan fingerprint density at radius 1 is 0.295 bits per heavy atom. The highest BCUT2D eigenvalue weighted by Gasteiger charge is 2.30. The maximum absolute atomic E-state index is 7.29. The largest absolute Gasteiger partial charge is 0.454 e. The van der Waals surface area contributed by atoms with Crippen molar-refractivity contribution in [3.05, 3.63) is 242 Å².